The largest absolute Gasteiger partial charge is 0.461 e. The Balaban J connectivity index is 1.67. The normalized spacial score (nSPS) is 13.0. The zero-order valence-corrected chi connectivity index (χ0v) is 16.6. The first kappa shape index (κ1) is 20.2. The Bertz CT molecular complexity index is 964. The van der Waals surface area contributed by atoms with Crippen molar-refractivity contribution in [3.63, 3.8) is 0 Å². The molecule has 9 nitrogen and oxygen atoms in total. The molecule has 0 spiro atoms. The highest BCUT2D eigenvalue weighted by Gasteiger charge is 2.27. The van der Waals surface area contributed by atoms with Gasteiger partial charge in [0.25, 0.3) is 5.91 Å². The van der Waals surface area contributed by atoms with Crippen LogP contribution in [0.4, 0.5) is 5.69 Å². The molecule has 0 saturated heterocycles. The molecular formula is C20H22N2O7. The van der Waals surface area contributed by atoms with Crippen molar-refractivity contribution in [2.75, 3.05) is 18.7 Å². The lowest BCUT2D eigenvalue weighted by Crippen LogP contribution is -2.30. The van der Waals surface area contributed by atoms with E-state index >= 15 is 0 Å². The van der Waals surface area contributed by atoms with Crippen molar-refractivity contribution in [1.29, 1.82) is 0 Å². The zero-order valence-electron chi connectivity index (χ0n) is 16.6. The van der Waals surface area contributed by atoms with E-state index in [0.29, 0.717) is 28.4 Å². The number of anilines is 1. The van der Waals surface area contributed by atoms with Gasteiger partial charge in [-0.05, 0) is 45.4 Å². The van der Waals surface area contributed by atoms with Crippen LogP contribution in [0.3, 0.4) is 0 Å². The van der Waals surface area contributed by atoms with E-state index in [2.05, 4.69) is 10.3 Å². The lowest BCUT2D eigenvalue weighted by molar-refractivity contribution is -0.123. The minimum absolute atomic E-state index is 0.129. The van der Waals surface area contributed by atoms with Crippen molar-refractivity contribution >= 4 is 23.5 Å². The summed E-state index contributed by atoms with van der Waals surface area (Å²) in [5.74, 6) is -0.648. The molecule has 0 fully saturated rings. The number of fused-ring (bicyclic) bond motifs is 1. The van der Waals surface area contributed by atoms with Crippen LogP contribution in [-0.4, -0.2) is 42.3 Å². The van der Waals surface area contributed by atoms with Crippen molar-refractivity contribution in [2.45, 2.75) is 33.8 Å². The summed E-state index contributed by atoms with van der Waals surface area (Å²) in [4.78, 5) is 39.8. The van der Waals surface area contributed by atoms with Gasteiger partial charge < -0.3 is 29.2 Å². The Labute approximate surface area is 167 Å². The summed E-state index contributed by atoms with van der Waals surface area (Å²) in [6.07, 6.45) is -1.06. The maximum absolute atomic E-state index is 12.6. The number of benzene rings is 1. The summed E-state index contributed by atoms with van der Waals surface area (Å²) in [6.45, 7) is 6.76. The molecule has 1 unspecified atom stereocenters. The number of amides is 1. The third-order valence-electron chi connectivity index (χ3n) is 4.41. The second kappa shape index (κ2) is 8.26. The molecule has 1 aromatic heterocycles. The Morgan fingerprint density at radius 2 is 1.90 bits per heavy atom. The van der Waals surface area contributed by atoms with Gasteiger partial charge in [0.15, 0.2) is 17.6 Å². The topological polar surface area (TPSA) is 116 Å². The molecule has 3 rings (SSSR count). The van der Waals surface area contributed by atoms with Crippen LogP contribution in [0, 0.1) is 13.8 Å². The van der Waals surface area contributed by atoms with Crippen molar-refractivity contribution < 1.29 is 33.3 Å². The van der Waals surface area contributed by atoms with Gasteiger partial charge in [-0.1, -0.05) is 0 Å². The molecular weight excluding hydrogens is 380 g/mol. The molecule has 2 N–H and O–H groups in total. The summed E-state index contributed by atoms with van der Waals surface area (Å²) < 4.78 is 20.8. The van der Waals surface area contributed by atoms with Gasteiger partial charge >= 0.3 is 11.9 Å². The fourth-order valence-corrected chi connectivity index (χ4v) is 2.95. The van der Waals surface area contributed by atoms with Gasteiger partial charge in [-0.3, -0.25) is 4.79 Å². The predicted octanol–water partition coefficient (Wildman–Crippen LogP) is 2.72. The third kappa shape index (κ3) is 4.18. The maximum Gasteiger partial charge on any atom is 0.355 e. The average Bonchev–Trinajstić information content (AvgIpc) is 3.25. The van der Waals surface area contributed by atoms with Crippen LogP contribution in [0.25, 0.3) is 0 Å². The smallest absolute Gasteiger partial charge is 0.355 e. The molecule has 1 atom stereocenters. The summed E-state index contributed by atoms with van der Waals surface area (Å²) >= 11 is 0. The van der Waals surface area contributed by atoms with Crippen LogP contribution >= 0.6 is 0 Å². The number of hydrogen-bond acceptors (Lipinski definition) is 7. The second-order valence-corrected chi connectivity index (χ2v) is 6.45. The Morgan fingerprint density at radius 1 is 1.17 bits per heavy atom. The molecule has 1 aliphatic heterocycles. The molecule has 1 aliphatic rings. The molecule has 1 aromatic carbocycles. The maximum atomic E-state index is 12.6. The van der Waals surface area contributed by atoms with Gasteiger partial charge in [0, 0.05) is 17.4 Å². The molecule has 2 aromatic rings. The molecule has 9 heteroatoms. The van der Waals surface area contributed by atoms with E-state index in [9.17, 15) is 14.4 Å². The van der Waals surface area contributed by atoms with Crippen LogP contribution in [0.1, 0.15) is 46.0 Å². The van der Waals surface area contributed by atoms with Crippen LogP contribution in [-0.2, 0) is 14.3 Å². The standard InChI is InChI=1S/C20H22N2O7/c1-5-26-20(25)17-10(2)16(11(3)21-17)19(24)29-12(4)18(23)22-13-6-7-14-15(8-13)28-9-27-14/h6-8,12,21H,5,9H2,1-4H3,(H,22,23). The molecule has 0 aliphatic carbocycles. The number of carbonyl (C=O) groups is 3. The van der Waals surface area contributed by atoms with Gasteiger partial charge in [0.1, 0.15) is 5.69 Å². The first-order chi connectivity index (χ1) is 13.8. The van der Waals surface area contributed by atoms with Crippen LogP contribution in [0.2, 0.25) is 0 Å². The minimum Gasteiger partial charge on any atom is -0.461 e. The lowest BCUT2D eigenvalue weighted by Gasteiger charge is -2.14. The van der Waals surface area contributed by atoms with E-state index in [0.717, 1.165) is 0 Å². The van der Waals surface area contributed by atoms with Gasteiger partial charge in [0.05, 0.1) is 12.2 Å². The van der Waals surface area contributed by atoms with E-state index in [1.807, 2.05) is 0 Å². The molecule has 29 heavy (non-hydrogen) atoms. The summed E-state index contributed by atoms with van der Waals surface area (Å²) in [5, 5.41) is 2.66. The molecule has 2 heterocycles. The van der Waals surface area contributed by atoms with E-state index in [-0.39, 0.29) is 24.7 Å². The highest BCUT2D eigenvalue weighted by Crippen LogP contribution is 2.34. The molecule has 1 amide bonds. The monoisotopic (exact) mass is 402 g/mol. The van der Waals surface area contributed by atoms with Crippen molar-refractivity contribution in [1.82, 2.24) is 4.98 Å². The number of aromatic nitrogens is 1. The molecule has 0 bridgehead atoms. The molecule has 0 radical (unpaired) electrons. The molecule has 154 valence electrons. The lowest BCUT2D eigenvalue weighted by atomic mass is 10.1. The first-order valence-electron chi connectivity index (χ1n) is 9.09. The van der Waals surface area contributed by atoms with Crippen molar-refractivity contribution in [3.05, 3.63) is 40.7 Å². The number of aryl methyl sites for hydroxylation is 1. The first-order valence-corrected chi connectivity index (χ1v) is 9.09. The van der Waals surface area contributed by atoms with Crippen molar-refractivity contribution in [2.24, 2.45) is 0 Å². The average molecular weight is 402 g/mol. The number of aromatic amines is 1. The van der Waals surface area contributed by atoms with Crippen LogP contribution in [0.5, 0.6) is 11.5 Å². The predicted molar refractivity (Wildman–Crippen MR) is 102 cm³/mol. The minimum atomic E-state index is -1.06. The van der Waals surface area contributed by atoms with E-state index in [1.54, 1.807) is 39.0 Å². The quantitative estimate of drug-likeness (QED) is 0.714. The summed E-state index contributed by atoms with van der Waals surface area (Å²) in [5.41, 5.74) is 1.75. The Morgan fingerprint density at radius 3 is 2.62 bits per heavy atom. The van der Waals surface area contributed by atoms with E-state index < -0.39 is 23.9 Å². The van der Waals surface area contributed by atoms with Gasteiger partial charge in [-0.25, -0.2) is 9.59 Å². The SMILES string of the molecule is CCOC(=O)c1[nH]c(C)c(C(=O)OC(C)C(=O)Nc2ccc3c(c2)OCO3)c1C. The highest BCUT2D eigenvalue weighted by atomic mass is 16.7. The molecule has 0 saturated carbocycles. The third-order valence-corrected chi connectivity index (χ3v) is 4.41. The van der Waals surface area contributed by atoms with Gasteiger partial charge in [0.2, 0.25) is 6.79 Å². The zero-order chi connectivity index (χ0) is 21.1. The number of ether oxygens (including phenoxy) is 4. The number of rotatable bonds is 6. The number of esters is 2. The van der Waals surface area contributed by atoms with Crippen LogP contribution in [0.15, 0.2) is 18.2 Å². The van der Waals surface area contributed by atoms with Crippen LogP contribution < -0.4 is 14.8 Å². The number of H-pyrrole nitrogens is 1. The Kier molecular flexibility index (Phi) is 5.76. The van der Waals surface area contributed by atoms with Gasteiger partial charge in [-0.2, -0.15) is 0 Å². The number of nitrogens with one attached hydrogen (secondary N) is 2. The second-order valence-electron chi connectivity index (χ2n) is 6.45. The number of carbonyl (C=O) groups excluding carboxylic acids is 3. The summed E-state index contributed by atoms with van der Waals surface area (Å²) in [7, 11) is 0. The fourth-order valence-electron chi connectivity index (χ4n) is 2.95. The fraction of sp³-hybridized carbons (Fsp3) is 0.350. The van der Waals surface area contributed by atoms with E-state index in [1.165, 1.54) is 6.92 Å². The Hall–Kier alpha value is -3.49. The number of hydrogen-bond donors (Lipinski definition) is 2. The summed E-state index contributed by atoms with van der Waals surface area (Å²) in [6, 6.07) is 4.96. The van der Waals surface area contributed by atoms with E-state index in [4.69, 9.17) is 18.9 Å². The highest BCUT2D eigenvalue weighted by molar-refractivity contribution is 6.01. The van der Waals surface area contributed by atoms with Gasteiger partial charge in [-0.15, -0.1) is 0 Å². The van der Waals surface area contributed by atoms with Crippen molar-refractivity contribution in [3.8, 4) is 11.5 Å².